The first-order chi connectivity index (χ1) is 15.1. The summed E-state index contributed by atoms with van der Waals surface area (Å²) in [6.07, 6.45) is 5.43. The monoisotopic (exact) mass is 428 g/mol. The smallest absolute Gasteiger partial charge is 0.231 e. The van der Waals surface area contributed by atoms with Crippen molar-refractivity contribution in [3.63, 3.8) is 0 Å². The van der Waals surface area contributed by atoms with E-state index in [1.165, 1.54) is 12.8 Å². The number of ether oxygens (including phenoxy) is 2. The third kappa shape index (κ3) is 5.66. The van der Waals surface area contributed by atoms with Crippen LogP contribution in [0.4, 0.5) is 17.8 Å². The highest BCUT2D eigenvalue weighted by molar-refractivity contribution is 5.47. The molecule has 9 nitrogen and oxygen atoms in total. The molecule has 1 aliphatic heterocycles. The molecule has 1 aliphatic carbocycles. The number of fused-ring (bicyclic) bond motifs is 1. The van der Waals surface area contributed by atoms with E-state index in [9.17, 15) is 5.11 Å². The summed E-state index contributed by atoms with van der Waals surface area (Å²) in [6.45, 7) is 5.13. The molecular formula is C22H32N6O3. The molecule has 1 aromatic carbocycles. The molecule has 4 rings (SSSR count). The van der Waals surface area contributed by atoms with Crippen LogP contribution in [-0.2, 0) is 6.54 Å². The van der Waals surface area contributed by atoms with Crippen LogP contribution in [0.1, 0.15) is 51.5 Å². The molecule has 2 aliphatic rings. The van der Waals surface area contributed by atoms with E-state index in [1.54, 1.807) is 0 Å². The Morgan fingerprint density at radius 2 is 1.77 bits per heavy atom. The number of hydrogen-bond donors (Lipinski definition) is 4. The fourth-order valence-electron chi connectivity index (χ4n) is 3.86. The Kier molecular flexibility index (Phi) is 6.91. The molecule has 1 aromatic heterocycles. The maximum Gasteiger partial charge on any atom is 0.231 e. The van der Waals surface area contributed by atoms with Crippen molar-refractivity contribution in [2.75, 3.05) is 29.4 Å². The summed E-state index contributed by atoms with van der Waals surface area (Å²) in [4.78, 5) is 13.7. The standard InChI is InChI=1S/C22H32N6O3/c1-3-16(12-29)24-21-26-20(23-11-15-6-9-18-19(10-15)31-13-30-18)27-22(28-21)25-17-7-4-14(2)5-8-17/h6,9-10,14,16-17,29H,3-5,7-8,11-13H2,1-2H3,(H3,23,24,25,26,27,28)/t14?,16-,17?/m1/s1. The summed E-state index contributed by atoms with van der Waals surface area (Å²) in [5.41, 5.74) is 1.04. The fraction of sp³-hybridized carbons (Fsp3) is 0.591. The van der Waals surface area contributed by atoms with Gasteiger partial charge < -0.3 is 30.5 Å². The summed E-state index contributed by atoms with van der Waals surface area (Å²) in [5, 5.41) is 19.5. The minimum absolute atomic E-state index is 0.0193. The molecule has 168 valence electrons. The zero-order valence-corrected chi connectivity index (χ0v) is 18.2. The van der Waals surface area contributed by atoms with Gasteiger partial charge in [-0.2, -0.15) is 15.0 Å². The van der Waals surface area contributed by atoms with E-state index in [1.807, 2.05) is 25.1 Å². The lowest BCUT2D eigenvalue weighted by molar-refractivity contribution is 0.174. The van der Waals surface area contributed by atoms with Gasteiger partial charge in [0, 0.05) is 12.6 Å². The van der Waals surface area contributed by atoms with Crippen molar-refractivity contribution in [2.24, 2.45) is 5.92 Å². The lowest BCUT2D eigenvalue weighted by atomic mass is 9.87. The largest absolute Gasteiger partial charge is 0.454 e. The van der Waals surface area contributed by atoms with Crippen LogP contribution in [-0.4, -0.2) is 45.5 Å². The van der Waals surface area contributed by atoms with E-state index in [0.29, 0.717) is 30.4 Å². The molecule has 1 saturated carbocycles. The lowest BCUT2D eigenvalue weighted by Crippen LogP contribution is -2.28. The van der Waals surface area contributed by atoms with Crippen LogP contribution in [0.2, 0.25) is 0 Å². The first-order valence-corrected chi connectivity index (χ1v) is 11.1. The number of benzene rings is 1. The van der Waals surface area contributed by atoms with Gasteiger partial charge in [0.25, 0.3) is 0 Å². The number of aliphatic hydroxyl groups is 1. The lowest BCUT2D eigenvalue weighted by Gasteiger charge is -2.27. The second-order valence-electron chi connectivity index (χ2n) is 8.38. The third-order valence-corrected chi connectivity index (χ3v) is 5.92. The first kappa shape index (κ1) is 21.4. The molecule has 0 amide bonds. The molecule has 0 bridgehead atoms. The highest BCUT2D eigenvalue weighted by atomic mass is 16.7. The highest BCUT2D eigenvalue weighted by Gasteiger charge is 2.20. The van der Waals surface area contributed by atoms with Crippen LogP contribution >= 0.6 is 0 Å². The van der Waals surface area contributed by atoms with E-state index < -0.39 is 0 Å². The molecule has 0 unspecified atom stereocenters. The van der Waals surface area contributed by atoms with Crippen molar-refractivity contribution in [2.45, 2.75) is 64.6 Å². The number of anilines is 3. The molecule has 9 heteroatoms. The van der Waals surface area contributed by atoms with Gasteiger partial charge in [0.05, 0.1) is 12.6 Å². The van der Waals surface area contributed by atoms with Gasteiger partial charge in [0.15, 0.2) is 11.5 Å². The number of aliphatic hydroxyl groups excluding tert-OH is 1. The van der Waals surface area contributed by atoms with Gasteiger partial charge in [-0.05, 0) is 55.7 Å². The van der Waals surface area contributed by atoms with Gasteiger partial charge in [0.1, 0.15) is 0 Å². The summed E-state index contributed by atoms with van der Waals surface area (Å²) < 4.78 is 10.8. The summed E-state index contributed by atoms with van der Waals surface area (Å²) >= 11 is 0. The van der Waals surface area contributed by atoms with Gasteiger partial charge in [-0.25, -0.2) is 0 Å². The molecule has 1 atom stereocenters. The van der Waals surface area contributed by atoms with Gasteiger partial charge in [0.2, 0.25) is 24.6 Å². The van der Waals surface area contributed by atoms with Crippen LogP contribution in [0.25, 0.3) is 0 Å². The highest BCUT2D eigenvalue weighted by Crippen LogP contribution is 2.32. The number of hydrogen-bond acceptors (Lipinski definition) is 9. The Hall–Kier alpha value is -2.81. The molecule has 1 fully saturated rings. The maximum atomic E-state index is 9.55. The Morgan fingerprint density at radius 1 is 1.03 bits per heavy atom. The van der Waals surface area contributed by atoms with Gasteiger partial charge in [-0.15, -0.1) is 0 Å². The second-order valence-corrected chi connectivity index (χ2v) is 8.38. The quantitative estimate of drug-likeness (QED) is 0.477. The Balaban J connectivity index is 1.47. The fourth-order valence-corrected chi connectivity index (χ4v) is 3.86. The number of rotatable bonds is 9. The van der Waals surface area contributed by atoms with Crippen molar-refractivity contribution in [1.82, 2.24) is 15.0 Å². The van der Waals surface area contributed by atoms with Gasteiger partial charge in [-0.3, -0.25) is 0 Å². The average molecular weight is 429 g/mol. The van der Waals surface area contributed by atoms with Crippen LogP contribution in [0.3, 0.4) is 0 Å². The number of aromatic nitrogens is 3. The summed E-state index contributed by atoms with van der Waals surface area (Å²) in [6, 6.07) is 6.11. The van der Waals surface area contributed by atoms with Crippen molar-refractivity contribution in [1.29, 1.82) is 0 Å². The van der Waals surface area contributed by atoms with Gasteiger partial charge >= 0.3 is 0 Å². The normalized spacial score (nSPS) is 20.9. The van der Waals surface area contributed by atoms with E-state index in [4.69, 9.17) is 9.47 Å². The number of nitrogens with zero attached hydrogens (tertiary/aromatic N) is 3. The molecule has 2 heterocycles. The maximum absolute atomic E-state index is 9.55. The Morgan fingerprint density at radius 3 is 2.55 bits per heavy atom. The van der Waals surface area contributed by atoms with Crippen LogP contribution in [0.5, 0.6) is 11.5 Å². The van der Waals surface area contributed by atoms with Crippen molar-refractivity contribution in [3.8, 4) is 11.5 Å². The SMILES string of the molecule is CC[C@H](CO)Nc1nc(NCc2ccc3c(c2)OCO3)nc(NC2CCC(C)CC2)n1. The zero-order valence-electron chi connectivity index (χ0n) is 18.2. The predicted octanol–water partition coefficient (Wildman–Crippen LogP) is 3.39. The molecule has 0 saturated heterocycles. The second kappa shape index (κ2) is 10.00. The van der Waals surface area contributed by atoms with E-state index in [2.05, 4.69) is 37.8 Å². The zero-order chi connectivity index (χ0) is 21.6. The van der Waals surface area contributed by atoms with Gasteiger partial charge in [-0.1, -0.05) is 19.9 Å². The van der Waals surface area contributed by atoms with Crippen LogP contribution < -0.4 is 25.4 Å². The summed E-state index contributed by atoms with van der Waals surface area (Å²) in [5.74, 6) is 3.78. The van der Waals surface area contributed by atoms with E-state index >= 15 is 0 Å². The Bertz CT molecular complexity index is 868. The van der Waals surface area contributed by atoms with Crippen molar-refractivity contribution in [3.05, 3.63) is 23.8 Å². The topological polar surface area (TPSA) is 113 Å². The molecular weight excluding hydrogens is 396 g/mol. The molecule has 31 heavy (non-hydrogen) atoms. The third-order valence-electron chi connectivity index (χ3n) is 5.92. The molecule has 4 N–H and O–H groups in total. The van der Waals surface area contributed by atoms with Crippen molar-refractivity contribution >= 4 is 17.8 Å². The van der Waals surface area contributed by atoms with E-state index in [-0.39, 0.29) is 19.4 Å². The van der Waals surface area contributed by atoms with Crippen LogP contribution in [0, 0.1) is 5.92 Å². The first-order valence-electron chi connectivity index (χ1n) is 11.1. The molecule has 0 spiro atoms. The summed E-state index contributed by atoms with van der Waals surface area (Å²) in [7, 11) is 0. The van der Waals surface area contributed by atoms with E-state index in [0.717, 1.165) is 42.2 Å². The minimum atomic E-state index is -0.104. The molecule has 2 aromatic rings. The van der Waals surface area contributed by atoms with Crippen molar-refractivity contribution < 1.29 is 14.6 Å². The minimum Gasteiger partial charge on any atom is -0.454 e. The predicted molar refractivity (Wildman–Crippen MR) is 120 cm³/mol. The van der Waals surface area contributed by atoms with Crippen LogP contribution in [0.15, 0.2) is 18.2 Å². The number of nitrogens with one attached hydrogen (secondary N) is 3. The molecule has 0 radical (unpaired) electrons. The average Bonchev–Trinajstić information content (AvgIpc) is 3.25. The Labute approximate surface area is 183 Å².